The number of hydrogen-bond donors (Lipinski definition) is 0. The molecule has 5 nitrogen and oxygen atoms in total. The largest absolute Gasteiger partial charge is 0.457 e. The van der Waals surface area contributed by atoms with Crippen LogP contribution in [0.2, 0.25) is 0 Å². The summed E-state index contributed by atoms with van der Waals surface area (Å²) in [7, 11) is 0. The Morgan fingerprint density at radius 3 is 1.49 bits per heavy atom. The van der Waals surface area contributed by atoms with Crippen LogP contribution in [0.15, 0.2) is 206 Å². The van der Waals surface area contributed by atoms with Crippen LogP contribution in [0, 0.1) is 0 Å². The fourth-order valence-electron chi connectivity index (χ4n) is 11.3. The maximum atomic E-state index is 6.97. The summed E-state index contributed by atoms with van der Waals surface area (Å²) in [4.78, 5) is 10.0. The van der Waals surface area contributed by atoms with Crippen molar-refractivity contribution in [2.24, 2.45) is 0 Å². The van der Waals surface area contributed by atoms with Crippen molar-refractivity contribution in [1.29, 1.82) is 0 Å². The van der Waals surface area contributed by atoms with Gasteiger partial charge in [-0.2, -0.15) is 0 Å². The number of nitrogens with zero attached hydrogens (tertiary/aromatic N) is 4. The van der Waals surface area contributed by atoms with Crippen molar-refractivity contribution in [1.82, 2.24) is 9.55 Å². The number of benzene rings is 8. The van der Waals surface area contributed by atoms with Crippen LogP contribution in [0.1, 0.15) is 128 Å². The van der Waals surface area contributed by atoms with Crippen LogP contribution >= 0.6 is 0 Å². The predicted molar refractivity (Wildman–Crippen MR) is 320 cm³/mol. The van der Waals surface area contributed by atoms with Gasteiger partial charge in [0.25, 0.3) is 0 Å². The van der Waals surface area contributed by atoms with Crippen LogP contribution in [0.3, 0.4) is 0 Å². The van der Waals surface area contributed by atoms with Gasteiger partial charge >= 0.3 is 0 Å². The molecule has 0 radical (unpaired) electrons. The van der Waals surface area contributed by atoms with Crippen molar-refractivity contribution in [3.8, 4) is 17.3 Å². The van der Waals surface area contributed by atoms with Gasteiger partial charge in [-0.05, 0) is 128 Å². The summed E-state index contributed by atoms with van der Waals surface area (Å²) < 4.78 is 9.28. The second kappa shape index (κ2) is 18.7. The molecule has 0 amide bonds. The minimum absolute atomic E-state index is 0.0120. The highest BCUT2D eigenvalue weighted by molar-refractivity contribution is 6.10. The minimum atomic E-state index is -0.257. The Hall–Kier alpha value is -7.89. The van der Waals surface area contributed by atoms with Crippen molar-refractivity contribution in [3.05, 3.63) is 251 Å². The fourth-order valence-corrected chi connectivity index (χ4v) is 11.3. The molecule has 11 rings (SSSR count). The summed E-state index contributed by atoms with van der Waals surface area (Å²) in [5.41, 5.74) is 16.1. The van der Waals surface area contributed by atoms with E-state index in [1.807, 2.05) is 6.20 Å². The molecule has 1 aliphatic heterocycles. The summed E-state index contributed by atoms with van der Waals surface area (Å²) in [6.45, 7) is 28.4. The molecule has 5 heteroatoms. The Balaban J connectivity index is 0.996. The number of pyridine rings is 1. The quantitative estimate of drug-likeness (QED) is 0.129. The van der Waals surface area contributed by atoms with Crippen molar-refractivity contribution < 1.29 is 4.74 Å². The highest BCUT2D eigenvalue weighted by Crippen LogP contribution is 2.49. The van der Waals surface area contributed by atoms with Gasteiger partial charge < -0.3 is 14.5 Å². The first-order valence-electron chi connectivity index (χ1n) is 27.0. The molecular formula is C71H72N4O. The normalized spacial score (nSPS) is 13.4. The van der Waals surface area contributed by atoms with Crippen molar-refractivity contribution in [2.75, 3.05) is 16.5 Å². The molecule has 3 heterocycles. The zero-order chi connectivity index (χ0) is 53.4. The van der Waals surface area contributed by atoms with Gasteiger partial charge in [0, 0.05) is 56.7 Å². The third-order valence-corrected chi connectivity index (χ3v) is 16.5. The molecular weight excluding hydrogens is 925 g/mol. The van der Waals surface area contributed by atoms with Crippen molar-refractivity contribution in [2.45, 2.75) is 110 Å². The fraction of sp³-hybridized carbons (Fsp3) is 0.254. The lowest BCUT2D eigenvalue weighted by Gasteiger charge is -2.33. The highest BCUT2D eigenvalue weighted by atomic mass is 16.5. The minimum Gasteiger partial charge on any atom is -0.457 e. The molecule has 8 aromatic carbocycles. The monoisotopic (exact) mass is 997 g/mol. The lowest BCUT2D eigenvalue weighted by Crippen LogP contribution is -2.27. The number of fused-ring (bicyclic) bond motifs is 4. The van der Waals surface area contributed by atoms with E-state index < -0.39 is 0 Å². The average Bonchev–Trinajstić information content (AvgIpc) is 4.03. The first-order chi connectivity index (χ1) is 36.2. The van der Waals surface area contributed by atoms with Crippen LogP contribution < -0.4 is 14.5 Å². The van der Waals surface area contributed by atoms with Crippen molar-refractivity contribution in [3.63, 3.8) is 0 Å². The van der Waals surface area contributed by atoms with Gasteiger partial charge in [-0.1, -0.05) is 198 Å². The van der Waals surface area contributed by atoms with Gasteiger partial charge in [-0.25, -0.2) is 4.98 Å². The summed E-state index contributed by atoms with van der Waals surface area (Å²) >= 11 is 0. The van der Waals surface area contributed by atoms with E-state index in [1.165, 1.54) is 61.3 Å². The molecule has 0 spiro atoms. The highest BCUT2D eigenvalue weighted by Gasteiger charge is 2.35. The third kappa shape index (κ3) is 9.14. The molecule has 0 saturated carbocycles. The van der Waals surface area contributed by atoms with E-state index in [4.69, 9.17) is 9.72 Å². The Morgan fingerprint density at radius 2 is 0.895 bits per heavy atom. The Labute approximate surface area is 451 Å². The number of rotatable bonds is 11. The maximum absolute atomic E-state index is 6.97. The first kappa shape index (κ1) is 50.3. The van der Waals surface area contributed by atoms with Gasteiger partial charge in [0.15, 0.2) is 0 Å². The second-order valence-electron chi connectivity index (χ2n) is 24.7. The van der Waals surface area contributed by atoms with Crippen LogP contribution in [0.4, 0.5) is 22.7 Å². The molecule has 0 fully saturated rings. The van der Waals surface area contributed by atoms with Gasteiger partial charge in [0.05, 0.1) is 22.4 Å². The maximum Gasteiger partial charge on any atom is 0.137 e. The van der Waals surface area contributed by atoms with Crippen LogP contribution in [-0.2, 0) is 27.1 Å². The van der Waals surface area contributed by atoms with Gasteiger partial charge in [-0.3, -0.25) is 4.57 Å². The molecule has 2 aromatic heterocycles. The molecule has 76 heavy (non-hydrogen) atoms. The van der Waals surface area contributed by atoms with E-state index in [1.54, 1.807) is 0 Å². The zero-order valence-electron chi connectivity index (χ0n) is 46.5. The molecule has 0 atom stereocenters. The number of hydrogen-bond acceptors (Lipinski definition) is 4. The molecule has 382 valence electrons. The smallest absolute Gasteiger partial charge is 0.137 e. The third-order valence-electron chi connectivity index (χ3n) is 16.5. The van der Waals surface area contributed by atoms with Crippen LogP contribution in [0.5, 0.6) is 11.5 Å². The molecule has 10 aromatic rings. The van der Waals surface area contributed by atoms with Gasteiger partial charge in [0.1, 0.15) is 24.0 Å². The SMILES string of the molecule is CC(C)(C)c1ccc2c(c1)N(c1cc(C(C)(C)c3ccccc3)cc(C(C)(C)c3ccccc3)c1)CN2c1cccc(Oc2ccc3c4cc(C(C)(C)C)ccc4n(-c4cc(C(C)(C)c5ccccc5)ccn4)c3c2)c1. The number of anilines is 4. The number of aromatic nitrogens is 2. The Kier molecular flexibility index (Phi) is 12.4. The molecule has 1 aliphatic rings. The predicted octanol–water partition coefficient (Wildman–Crippen LogP) is 18.8. The summed E-state index contributed by atoms with van der Waals surface area (Å²) in [6, 6.07) is 73.4. The molecule has 0 bridgehead atoms. The molecule has 0 aliphatic carbocycles. The van der Waals surface area contributed by atoms with E-state index in [-0.39, 0.29) is 27.1 Å². The second-order valence-corrected chi connectivity index (χ2v) is 24.7. The summed E-state index contributed by atoms with van der Waals surface area (Å²) in [6.07, 6.45) is 1.95. The van der Waals surface area contributed by atoms with Crippen LogP contribution in [0.25, 0.3) is 27.6 Å². The summed E-state index contributed by atoms with van der Waals surface area (Å²) in [5.74, 6) is 2.40. The van der Waals surface area contributed by atoms with Crippen LogP contribution in [-0.4, -0.2) is 16.2 Å². The molecule has 0 N–H and O–H groups in total. The van der Waals surface area contributed by atoms with E-state index in [0.717, 1.165) is 45.1 Å². The Bertz CT molecular complexity index is 3690. The lowest BCUT2D eigenvalue weighted by molar-refractivity contribution is 0.483. The van der Waals surface area contributed by atoms with E-state index >= 15 is 0 Å². The molecule has 0 saturated heterocycles. The summed E-state index contributed by atoms with van der Waals surface area (Å²) in [5, 5.41) is 2.36. The zero-order valence-corrected chi connectivity index (χ0v) is 46.5. The van der Waals surface area contributed by atoms with E-state index in [9.17, 15) is 0 Å². The van der Waals surface area contributed by atoms with Crippen molar-refractivity contribution >= 4 is 44.6 Å². The van der Waals surface area contributed by atoms with E-state index in [2.05, 4.69) is 298 Å². The standard InChI is InChI=1S/C71H72N4O/c1-67(2,3)51-31-35-62-61(42-51)60-34-33-59(46-64(60)75(62)66-44-53(37-38-72-66)69(7,8)48-23-16-13-17-24-48)76-58-30-22-29-56(45-58)73-47-74(65-43-52(68(4,5)6)32-36-63(65)73)57-40-54(70(9,10)49-25-18-14-19-26-49)39-55(41-57)71(11,12)50-27-20-15-21-28-50/h13-46H,47H2,1-12H3. The lowest BCUT2D eigenvalue weighted by atomic mass is 9.73. The van der Waals surface area contributed by atoms with E-state index in [0.29, 0.717) is 6.67 Å². The Morgan fingerprint density at radius 1 is 0.355 bits per heavy atom. The number of ether oxygens (including phenoxy) is 1. The molecule has 0 unspecified atom stereocenters. The average molecular weight is 997 g/mol. The van der Waals surface area contributed by atoms with Gasteiger partial charge in [-0.15, -0.1) is 0 Å². The van der Waals surface area contributed by atoms with Gasteiger partial charge in [0.2, 0.25) is 0 Å². The topological polar surface area (TPSA) is 33.5 Å². The first-order valence-corrected chi connectivity index (χ1v) is 27.0.